The van der Waals surface area contributed by atoms with Crippen LogP contribution in [0.25, 0.3) is 11.8 Å². The highest BCUT2D eigenvalue weighted by molar-refractivity contribution is 7.07. The van der Waals surface area contributed by atoms with Crippen LogP contribution < -0.4 is 19.6 Å². The standard InChI is InChI=1S/C32H26N2O6S/c1-38-27(35)18-40-23-8-5-6-19(16-23)17-26-30(36)34-29(21-10-12-22(13-11-21)31(37)39-2)25-15-14-20-7-3-4-9-24(20)28(25)33-32(34)41-26/h3-13,16-17,29H,14-15,18H2,1-2H3. The second kappa shape index (κ2) is 11.0. The van der Waals surface area contributed by atoms with Gasteiger partial charge >= 0.3 is 11.9 Å². The average molecular weight is 567 g/mol. The zero-order valence-corrected chi connectivity index (χ0v) is 23.3. The van der Waals surface area contributed by atoms with Gasteiger partial charge in [-0.05, 0) is 65.4 Å². The van der Waals surface area contributed by atoms with Crippen molar-refractivity contribution >= 4 is 35.0 Å². The minimum absolute atomic E-state index is 0.151. The Labute approximate surface area is 239 Å². The Morgan fingerprint density at radius 1 is 1.00 bits per heavy atom. The highest BCUT2D eigenvalue weighted by Crippen LogP contribution is 2.41. The van der Waals surface area contributed by atoms with Crippen LogP contribution >= 0.6 is 11.3 Å². The van der Waals surface area contributed by atoms with Crippen molar-refractivity contribution in [1.82, 2.24) is 4.57 Å². The van der Waals surface area contributed by atoms with Crippen LogP contribution in [0, 0.1) is 0 Å². The monoisotopic (exact) mass is 566 g/mol. The molecule has 0 N–H and O–H groups in total. The molecule has 0 amide bonds. The minimum atomic E-state index is -0.478. The topological polar surface area (TPSA) is 96.2 Å². The quantitative estimate of drug-likeness (QED) is 0.331. The van der Waals surface area contributed by atoms with Gasteiger partial charge in [-0.1, -0.05) is 59.9 Å². The summed E-state index contributed by atoms with van der Waals surface area (Å²) >= 11 is 1.33. The van der Waals surface area contributed by atoms with E-state index in [0.29, 0.717) is 20.6 Å². The molecule has 3 aromatic carbocycles. The molecule has 8 nitrogen and oxygen atoms in total. The van der Waals surface area contributed by atoms with Gasteiger partial charge in [0.2, 0.25) is 0 Å². The SMILES string of the molecule is COC(=O)COc1cccc(C=c2sc3n(c2=O)C(c2ccc(C(=O)OC)cc2)C2=C(N=3)c3ccccc3CC2)c1. The molecule has 0 saturated carbocycles. The van der Waals surface area contributed by atoms with Crippen molar-refractivity contribution in [3.05, 3.63) is 126 Å². The maximum absolute atomic E-state index is 14.0. The lowest BCUT2D eigenvalue weighted by Gasteiger charge is -2.30. The normalized spacial score (nSPS) is 15.8. The first kappa shape index (κ1) is 26.5. The van der Waals surface area contributed by atoms with Crippen LogP contribution in [0.5, 0.6) is 5.75 Å². The lowest BCUT2D eigenvalue weighted by atomic mass is 9.83. The van der Waals surface area contributed by atoms with Crippen LogP contribution in [-0.4, -0.2) is 37.3 Å². The Morgan fingerprint density at radius 2 is 1.80 bits per heavy atom. The van der Waals surface area contributed by atoms with Crippen LogP contribution in [0.2, 0.25) is 0 Å². The highest BCUT2D eigenvalue weighted by Gasteiger charge is 2.32. The number of methoxy groups -OCH3 is 2. The zero-order chi connectivity index (χ0) is 28.5. The molecule has 1 unspecified atom stereocenters. The number of hydrogen-bond donors (Lipinski definition) is 0. The molecule has 41 heavy (non-hydrogen) atoms. The van der Waals surface area contributed by atoms with Gasteiger partial charge in [-0.2, -0.15) is 0 Å². The summed E-state index contributed by atoms with van der Waals surface area (Å²) in [6.45, 7) is -0.204. The summed E-state index contributed by atoms with van der Waals surface area (Å²) in [6.07, 6.45) is 3.43. The van der Waals surface area contributed by atoms with E-state index in [1.54, 1.807) is 34.9 Å². The second-order valence-corrected chi connectivity index (χ2v) is 10.7. The van der Waals surface area contributed by atoms with Crippen LogP contribution in [0.3, 0.4) is 0 Å². The number of aryl methyl sites for hydroxylation is 1. The van der Waals surface area contributed by atoms with Gasteiger partial charge in [0.1, 0.15) is 5.75 Å². The number of allylic oxidation sites excluding steroid dienone is 1. The van der Waals surface area contributed by atoms with Crippen molar-refractivity contribution in [2.24, 2.45) is 4.99 Å². The van der Waals surface area contributed by atoms with Crippen molar-refractivity contribution in [3.8, 4) is 5.75 Å². The molecule has 0 fully saturated rings. The number of aromatic nitrogens is 1. The number of ether oxygens (including phenoxy) is 3. The minimum Gasteiger partial charge on any atom is -0.482 e. The van der Waals surface area contributed by atoms with Crippen molar-refractivity contribution in [2.75, 3.05) is 20.8 Å². The van der Waals surface area contributed by atoms with Gasteiger partial charge in [0.15, 0.2) is 11.4 Å². The zero-order valence-electron chi connectivity index (χ0n) is 22.5. The number of rotatable bonds is 6. The molecule has 6 rings (SSSR count). The number of thiazole rings is 1. The lowest BCUT2D eigenvalue weighted by molar-refractivity contribution is -0.142. The van der Waals surface area contributed by atoms with Gasteiger partial charge < -0.3 is 14.2 Å². The third-order valence-corrected chi connectivity index (χ3v) is 8.24. The Hall–Kier alpha value is -4.76. The van der Waals surface area contributed by atoms with Crippen LogP contribution in [0.4, 0.5) is 0 Å². The van der Waals surface area contributed by atoms with E-state index < -0.39 is 11.9 Å². The van der Waals surface area contributed by atoms with Crippen molar-refractivity contribution < 1.29 is 23.8 Å². The molecule has 9 heteroatoms. The van der Waals surface area contributed by atoms with Gasteiger partial charge in [-0.15, -0.1) is 0 Å². The molecule has 1 aliphatic heterocycles. The summed E-state index contributed by atoms with van der Waals surface area (Å²) in [5, 5.41) is 0. The van der Waals surface area contributed by atoms with Crippen LogP contribution in [0.1, 0.15) is 45.1 Å². The van der Waals surface area contributed by atoms with Gasteiger partial charge in [-0.3, -0.25) is 9.36 Å². The number of carbonyl (C=O) groups excluding carboxylic acids is 2. The predicted octanol–water partition coefficient (Wildman–Crippen LogP) is 3.66. The van der Waals surface area contributed by atoms with E-state index in [0.717, 1.165) is 40.8 Å². The largest absolute Gasteiger partial charge is 0.482 e. The Morgan fingerprint density at radius 3 is 2.59 bits per heavy atom. The van der Waals surface area contributed by atoms with Crippen molar-refractivity contribution in [2.45, 2.75) is 18.9 Å². The molecule has 0 bridgehead atoms. The smallest absolute Gasteiger partial charge is 0.343 e. The average Bonchev–Trinajstić information content (AvgIpc) is 3.32. The summed E-state index contributed by atoms with van der Waals surface area (Å²) in [5.41, 5.74) is 6.24. The molecular weight excluding hydrogens is 540 g/mol. The molecule has 0 spiro atoms. The van der Waals surface area contributed by atoms with Crippen LogP contribution in [0.15, 0.2) is 88.2 Å². The summed E-state index contributed by atoms with van der Waals surface area (Å²) in [5.74, 6) is -0.397. The molecule has 1 aromatic heterocycles. The molecule has 2 heterocycles. The number of fused-ring (bicyclic) bond motifs is 3. The molecule has 2 aliphatic rings. The first-order valence-corrected chi connectivity index (χ1v) is 13.9. The maximum Gasteiger partial charge on any atom is 0.343 e. The fraction of sp³-hybridized carbons (Fsp3) is 0.188. The maximum atomic E-state index is 14.0. The Bertz CT molecular complexity index is 1880. The number of carbonyl (C=O) groups is 2. The Balaban J connectivity index is 1.48. The Kier molecular flexibility index (Phi) is 7.11. The van der Waals surface area contributed by atoms with Crippen LogP contribution in [-0.2, 0) is 20.7 Å². The number of esters is 2. The van der Waals surface area contributed by atoms with Gasteiger partial charge in [0, 0.05) is 5.56 Å². The van der Waals surface area contributed by atoms with E-state index in [1.165, 1.54) is 31.1 Å². The van der Waals surface area contributed by atoms with Crippen molar-refractivity contribution in [3.63, 3.8) is 0 Å². The van der Waals surface area contributed by atoms with Gasteiger partial charge in [0.05, 0.1) is 36.1 Å². The van der Waals surface area contributed by atoms with Gasteiger partial charge in [0.25, 0.3) is 5.56 Å². The predicted molar refractivity (Wildman–Crippen MR) is 154 cm³/mol. The molecule has 0 radical (unpaired) electrons. The molecular formula is C32H26N2O6S. The summed E-state index contributed by atoms with van der Waals surface area (Å²) in [7, 11) is 2.66. The molecule has 4 aromatic rings. The summed E-state index contributed by atoms with van der Waals surface area (Å²) in [6, 6.07) is 22.3. The third kappa shape index (κ3) is 5.00. The lowest BCUT2D eigenvalue weighted by Crippen LogP contribution is -2.38. The highest BCUT2D eigenvalue weighted by atomic mass is 32.1. The van der Waals surface area contributed by atoms with E-state index in [9.17, 15) is 14.4 Å². The fourth-order valence-electron chi connectivity index (χ4n) is 5.29. The van der Waals surface area contributed by atoms with E-state index in [1.807, 2.05) is 36.4 Å². The number of benzene rings is 3. The first-order chi connectivity index (χ1) is 20.0. The van der Waals surface area contributed by atoms with Crippen molar-refractivity contribution in [1.29, 1.82) is 0 Å². The summed E-state index contributed by atoms with van der Waals surface area (Å²) < 4.78 is 17.3. The van der Waals surface area contributed by atoms with E-state index in [-0.39, 0.29) is 18.2 Å². The molecule has 0 saturated heterocycles. The molecule has 206 valence electrons. The van der Waals surface area contributed by atoms with E-state index >= 15 is 0 Å². The first-order valence-electron chi connectivity index (χ1n) is 13.1. The molecule has 1 atom stereocenters. The number of nitrogens with zero attached hydrogens (tertiary/aromatic N) is 2. The summed E-state index contributed by atoms with van der Waals surface area (Å²) in [4.78, 5) is 43.2. The van der Waals surface area contributed by atoms with E-state index in [2.05, 4.69) is 16.9 Å². The fourth-order valence-corrected chi connectivity index (χ4v) is 6.29. The molecule has 1 aliphatic carbocycles. The van der Waals surface area contributed by atoms with E-state index in [4.69, 9.17) is 14.5 Å². The van der Waals surface area contributed by atoms with Gasteiger partial charge in [-0.25, -0.2) is 14.6 Å². The third-order valence-electron chi connectivity index (χ3n) is 7.26. The second-order valence-electron chi connectivity index (χ2n) is 9.66. The number of hydrogen-bond acceptors (Lipinski definition) is 8.